The third-order valence-corrected chi connectivity index (χ3v) is 2.54. The topological polar surface area (TPSA) is 37.3 Å². The molecule has 106 valence electrons. The Morgan fingerprint density at radius 2 is 1.83 bits per heavy atom. The van der Waals surface area contributed by atoms with Crippen molar-refractivity contribution in [2.75, 3.05) is 0 Å². The van der Waals surface area contributed by atoms with Crippen molar-refractivity contribution in [3.05, 3.63) is 12.1 Å². The van der Waals surface area contributed by atoms with E-state index in [-0.39, 0.29) is 19.3 Å². The van der Waals surface area contributed by atoms with Gasteiger partial charge < -0.3 is 5.11 Å². The second-order valence-electron chi connectivity index (χ2n) is 4.36. The minimum Gasteiger partial charge on any atom is -0.481 e. The predicted octanol–water partition coefficient (Wildman–Crippen LogP) is 5.33. The van der Waals surface area contributed by atoms with Crippen LogP contribution in [0.25, 0.3) is 0 Å². The molecule has 0 saturated carbocycles. The quantitative estimate of drug-likeness (QED) is 0.358. The van der Waals surface area contributed by atoms with Crippen molar-refractivity contribution in [3.63, 3.8) is 0 Å². The highest BCUT2D eigenvalue weighted by atomic mass is 16.4. The average Bonchev–Trinajstić information content (AvgIpc) is 2.43. The zero-order valence-corrected chi connectivity index (χ0v) is 11.5. The number of carboxylic acid groups (broad SMARTS) is 1. The molecule has 0 saturated heterocycles. The molecule has 0 unspecified atom stereocenters. The summed E-state index contributed by atoms with van der Waals surface area (Å²) >= 11 is 0. The molecule has 0 aliphatic rings. The van der Waals surface area contributed by atoms with E-state index < -0.39 is 18.7 Å². The normalized spacial score (nSPS) is 17.4. The van der Waals surface area contributed by atoms with E-state index in [9.17, 15) is 4.79 Å². The molecule has 0 amide bonds. The molecule has 0 aliphatic heterocycles. The predicted molar refractivity (Wildman–Crippen MR) is 77.9 cm³/mol. The van der Waals surface area contributed by atoms with E-state index in [1.807, 2.05) is 6.08 Å². The highest BCUT2D eigenvalue weighted by molar-refractivity contribution is 5.66. The van der Waals surface area contributed by atoms with Gasteiger partial charge in [-0.05, 0) is 25.7 Å². The molecule has 0 aromatic carbocycles. The van der Waals surface area contributed by atoms with E-state index in [0.29, 0.717) is 31.7 Å². The monoisotopic (exact) mass is 259 g/mol. The third-order valence-electron chi connectivity index (χ3n) is 2.54. The van der Waals surface area contributed by atoms with E-state index in [1.54, 1.807) is 0 Å². The van der Waals surface area contributed by atoms with E-state index in [0.717, 1.165) is 19.3 Å². The number of carbonyl (C=O) groups is 1. The first-order valence-electron chi connectivity index (χ1n) is 9.50. The first-order valence-corrected chi connectivity index (χ1v) is 7.00. The van der Waals surface area contributed by atoms with Crippen LogP contribution < -0.4 is 0 Å². The first kappa shape index (κ1) is 10.1. The maximum atomic E-state index is 10.4. The molecule has 0 heterocycles. The number of aliphatic carboxylic acids is 1. The van der Waals surface area contributed by atoms with E-state index in [2.05, 4.69) is 6.92 Å². The second kappa shape index (κ2) is 14.3. The van der Waals surface area contributed by atoms with Crippen LogP contribution in [0.5, 0.6) is 0 Å². The summed E-state index contributed by atoms with van der Waals surface area (Å²) in [7, 11) is 0. The third kappa shape index (κ3) is 15.2. The van der Waals surface area contributed by atoms with Gasteiger partial charge in [0.2, 0.25) is 0 Å². The molecule has 0 aliphatic carbocycles. The zero-order valence-electron chi connectivity index (χ0n) is 16.5. The van der Waals surface area contributed by atoms with E-state index in [1.165, 1.54) is 0 Å². The van der Waals surface area contributed by atoms with Crippen molar-refractivity contribution in [1.82, 2.24) is 0 Å². The van der Waals surface area contributed by atoms with Gasteiger partial charge in [-0.1, -0.05) is 63.9 Å². The van der Waals surface area contributed by atoms with Crippen molar-refractivity contribution in [3.8, 4) is 0 Å². The fourth-order valence-electron chi connectivity index (χ4n) is 1.46. The highest BCUT2D eigenvalue weighted by Gasteiger charge is 1.96. The summed E-state index contributed by atoms with van der Waals surface area (Å²) in [5, 5.41) is 8.56. The lowest BCUT2D eigenvalue weighted by atomic mass is 10.1. The lowest BCUT2D eigenvalue weighted by Gasteiger charge is -2.00. The Morgan fingerprint density at radius 1 is 1.11 bits per heavy atom. The average molecular weight is 259 g/mol. The number of hydrogen-bond acceptors (Lipinski definition) is 1. The summed E-state index contributed by atoms with van der Waals surface area (Å²) in [6, 6.07) is 0.497. The summed E-state index contributed by atoms with van der Waals surface area (Å²) in [5.74, 6) is -0.911. The molecular weight excluding hydrogens is 224 g/mol. The Balaban J connectivity index is 4.21. The Bertz CT molecular complexity index is 381. The lowest BCUT2D eigenvalue weighted by molar-refractivity contribution is -0.137. The molecule has 0 bridgehead atoms. The van der Waals surface area contributed by atoms with Crippen molar-refractivity contribution < 1.29 is 16.8 Å². The first-order chi connectivity index (χ1) is 10.6. The SMILES string of the molecule is [2H]/C(=C\CCCC)CCCC([2H])([2H])C([2H])([2H])CCCCC(=O)O. The zero-order chi connectivity index (χ0) is 17.9. The van der Waals surface area contributed by atoms with Gasteiger partial charge in [-0.2, -0.15) is 0 Å². The van der Waals surface area contributed by atoms with Crippen LogP contribution in [0.3, 0.4) is 0 Å². The van der Waals surface area contributed by atoms with Gasteiger partial charge in [0, 0.05) is 11.9 Å². The lowest BCUT2D eigenvalue weighted by Crippen LogP contribution is -1.93. The highest BCUT2D eigenvalue weighted by Crippen LogP contribution is 2.10. The molecule has 0 spiro atoms. The molecular formula is C16H30O2. The number of unbranched alkanes of at least 4 members (excludes halogenated alkanes) is 3. The molecule has 1 N–H and O–H groups in total. The van der Waals surface area contributed by atoms with Crippen molar-refractivity contribution >= 4 is 5.97 Å². The molecule has 0 aromatic rings. The largest absolute Gasteiger partial charge is 0.481 e. The molecule has 0 radical (unpaired) electrons. The van der Waals surface area contributed by atoms with E-state index in [4.69, 9.17) is 12.0 Å². The van der Waals surface area contributed by atoms with Crippen LogP contribution in [-0.4, -0.2) is 11.1 Å². The summed E-state index contributed by atoms with van der Waals surface area (Å²) in [6.07, 6.45) is 2.64. The van der Waals surface area contributed by atoms with Gasteiger partial charge in [0.25, 0.3) is 0 Å². The number of rotatable bonds is 13. The van der Waals surface area contributed by atoms with Crippen LogP contribution in [-0.2, 0) is 4.79 Å². The molecule has 18 heavy (non-hydrogen) atoms. The number of allylic oxidation sites excluding steroid dienone is 2. The van der Waals surface area contributed by atoms with Gasteiger partial charge >= 0.3 is 5.97 Å². The van der Waals surface area contributed by atoms with Gasteiger partial charge in [0.15, 0.2) is 0 Å². The molecule has 2 nitrogen and oxygen atoms in total. The van der Waals surface area contributed by atoms with Crippen LogP contribution in [0.15, 0.2) is 12.1 Å². The van der Waals surface area contributed by atoms with Crippen LogP contribution in [0, 0.1) is 0 Å². The van der Waals surface area contributed by atoms with Crippen LogP contribution >= 0.6 is 0 Å². The minimum absolute atomic E-state index is 0.0101. The van der Waals surface area contributed by atoms with Gasteiger partial charge in [-0.25, -0.2) is 0 Å². The van der Waals surface area contributed by atoms with Crippen molar-refractivity contribution in [2.24, 2.45) is 0 Å². The van der Waals surface area contributed by atoms with Crippen molar-refractivity contribution in [1.29, 1.82) is 0 Å². The summed E-state index contributed by atoms with van der Waals surface area (Å²) in [4.78, 5) is 10.4. The summed E-state index contributed by atoms with van der Waals surface area (Å²) in [6.45, 7) is 2.09. The standard InChI is InChI=1S/C16H30O2/c1-2-3-4-5-6-7-8-9-10-11-12-13-14-15-16(17)18/h5-6H,2-4,7-15H2,1H3,(H,17,18)/b6-5+/i6D,10D2,11D2. The minimum atomic E-state index is -1.97. The fourth-order valence-corrected chi connectivity index (χ4v) is 1.46. The molecule has 0 atom stereocenters. The number of carboxylic acids is 1. The second-order valence-corrected chi connectivity index (χ2v) is 4.36. The molecule has 0 fully saturated rings. The van der Waals surface area contributed by atoms with Gasteiger partial charge in [0.05, 0.1) is 1.37 Å². The number of hydrogen-bond donors (Lipinski definition) is 1. The summed E-state index contributed by atoms with van der Waals surface area (Å²) in [5.41, 5.74) is 0. The molecule has 2 heteroatoms. The van der Waals surface area contributed by atoms with Gasteiger partial charge in [-0.3, -0.25) is 4.79 Å². The molecule has 0 rings (SSSR count). The molecule has 0 aromatic heterocycles. The van der Waals surface area contributed by atoms with Crippen LogP contribution in [0.1, 0.15) is 90.7 Å². The maximum Gasteiger partial charge on any atom is 0.303 e. The Morgan fingerprint density at radius 3 is 2.50 bits per heavy atom. The summed E-state index contributed by atoms with van der Waals surface area (Å²) < 4.78 is 39.5. The fraction of sp³-hybridized carbons (Fsp3) is 0.812. The Kier molecular flexibility index (Phi) is 7.97. The van der Waals surface area contributed by atoms with Crippen molar-refractivity contribution in [2.45, 2.75) is 83.9 Å². The van der Waals surface area contributed by atoms with E-state index >= 15 is 0 Å². The smallest absolute Gasteiger partial charge is 0.303 e. The Labute approximate surface area is 120 Å². The van der Waals surface area contributed by atoms with Crippen LogP contribution in [0.2, 0.25) is 0 Å². The maximum absolute atomic E-state index is 10.4. The van der Waals surface area contributed by atoms with Gasteiger partial charge in [-0.15, -0.1) is 0 Å². The Hall–Kier alpha value is -0.790. The van der Waals surface area contributed by atoms with Gasteiger partial charge in [0.1, 0.15) is 0 Å². The van der Waals surface area contributed by atoms with Crippen LogP contribution in [0.4, 0.5) is 0 Å².